The average Bonchev–Trinajstić information content (AvgIpc) is 3.37. The van der Waals surface area contributed by atoms with Gasteiger partial charge in [-0.1, -0.05) is 36.4 Å². The number of morpholine rings is 1. The van der Waals surface area contributed by atoms with E-state index < -0.39 is 0 Å². The Bertz CT molecular complexity index is 1100. The first-order chi connectivity index (χ1) is 16.6. The molecule has 0 saturated carbocycles. The lowest BCUT2D eigenvalue weighted by atomic mass is 10.1. The second kappa shape index (κ2) is 11.8. The van der Waals surface area contributed by atoms with Crippen LogP contribution < -0.4 is 16.0 Å². The van der Waals surface area contributed by atoms with E-state index in [0.29, 0.717) is 30.9 Å². The van der Waals surface area contributed by atoms with Crippen molar-refractivity contribution in [1.29, 1.82) is 0 Å². The van der Waals surface area contributed by atoms with Gasteiger partial charge in [0.05, 0.1) is 19.3 Å². The largest absolute Gasteiger partial charge is 0.374 e. The molecular weight excluding hydrogens is 448 g/mol. The molecule has 34 heavy (non-hydrogen) atoms. The zero-order chi connectivity index (χ0) is 23.8. The molecule has 1 fully saturated rings. The van der Waals surface area contributed by atoms with Crippen molar-refractivity contribution in [2.24, 2.45) is 0 Å². The van der Waals surface area contributed by atoms with Gasteiger partial charge >= 0.3 is 6.03 Å². The summed E-state index contributed by atoms with van der Waals surface area (Å²) in [4.78, 5) is 28.3. The van der Waals surface area contributed by atoms with Crippen molar-refractivity contribution in [2.45, 2.75) is 26.1 Å². The lowest BCUT2D eigenvalue weighted by Gasteiger charge is -2.33. The van der Waals surface area contributed by atoms with Gasteiger partial charge in [-0.3, -0.25) is 9.69 Å². The van der Waals surface area contributed by atoms with E-state index in [-0.39, 0.29) is 18.0 Å². The third kappa shape index (κ3) is 6.90. The van der Waals surface area contributed by atoms with Gasteiger partial charge in [0.1, 0.15) is 0 Å². The van der Waals surface area contributed by atoms with Crippen molar-refractivity contribution in [1.82, 2.24) is 15.5 Å². The molecule has 1 aromatic heterocycles. The van der Waals surface area contributed by atoms with Gasteiger partial charge in [0, 0.05) is 42.3 Å². The number of rotatable bonds is 8. The van der Waals surface area contributed by atoms with Crippen molar-refractivity contribution >= 4 is 29.0 Å². The number of hydrogen-bond donors (Lipinski definition) is 3. The van der Waals surface area contributed by atoms with Crippen molar-refractivity contribution in [2.75, 3.05) is 31.6 Å². The Balaban J connectivity index is 1.23. The Morgan fingerprint density at radius 1 is 1.09 bits per heavy atom. The summed E-state index contributed by atoms with van der Waals surface area (Å²) in [7, 11) is 0. The molecule has 1 aliphatic heterocycles. The molecule has 8 heteroatoms. The minimum atomic E-state index is -0.323. The normalized spacial score (nSPS) is 16.1. The minimum Gasteiger partial charge on any atom is -0.374 e. The molecule has 1 atom stereocenters. The average molecular weight is 479 g/mol. The van der Waals surface area contributed by atoms with Crippen molar-refractivity contribution in [3.05, 3.63) is 87.6 Å². The Morgan fingerprint density at radius 2 is 1.97 bits per heavy atom. The predicted molar refractivity (Wildman–Crippen MR) is 135 cm³/mol. The number of carbonyl (C=O) groups excluding carboxylic acids is 2. The van der Waals surface area contributed by atoms with Gasteiger partial charge < -0.3 is 20.7 Å². The highest BCUT2D eigenvalue weighted by atomic mass is 32.1. The molecule has 3 aromatic rings. The fourth-order valence-electron chi connectivity index (χ4n) is 3.88. The van der Waals surface area contributed by atoms with Crippen LogP contribution in [-0.2, 0) is 17.8 Å². The van der Waals surface area contributed by atoms with Gasteiger partial charge in [-0.2, -0.15) is 0 Å². The fourth-order valence-corrected chi connectivity index (χ4v) is 4.52. The first kappa shape index (κ1) is 23.9. The van der Waals surface area contributed by atoms with Crippen LogP contribution in [0.4, 0.5) is 10.5 Å². The Labute approximate surface area is 204 Å². The summed E-state index contributed by atoms with van der Waals surface area (Å²) < 4.78 is 5.85. The standard InChI is InChI=1S/C26H30N4O3S/c1-19-6-2-3-7-21(19)17-30-11-12-33-23(18-30)15-28-26(32)29-22-9-4-8-20(14-22)25(31)27-16-24-10-5-13-34-24/h2-10,13-14,23H,11-12,15-18H2,1H3,(H,27,31)(H2,28,29,32). The summed E-state index contributed by atoms with van der Waals surface area (Å²) in [5.74, 6) is -0.179. The van der Waals surface area contributed by atoms with Gasteiger partial charge in [-0.15, -0.1) is 11.3 Å². The van der Waals surface area contributed by atoms with E-state index in [1.165, 1.54) is 11.1 Å². The zero-order valence-corrected chi connectivity index (χ0v) is 20.1. The number of aryl methyl sites for hydroxylation is 1. The quantitative estimate of drug-likeness (QED) is 0.457. The lowest BCUT2D eigenvalue weighted by Crippen LogP contribution is -2.47. The van der Waals surface area contributed by atoms with E-state index in [9.17, 15) is 9.59 Å². The number of benzene rings is 2. The second-order valence-electron chi connectivity index (χ2n) is 8.33. The third-order valence-corrected chi connectivity index (χ3v) is 6.63. The van der Waals surface area contributed by atoms with Crippen molar-refractivity contribution < 1.29 is 14.3 Å². The zero-order valence-electron chi connectivity index (χ0n) is 19.3. The number of carbonyl (C=O) groups is 2. The Kier molecular flexibility index (Phi) is 8.30. The van der Waals surface area contributed by atoms with Gasteiger partial charge in [0.15, 0.2) is 0 Å². The lowest BCUT2D eigenvalue weighted by molar-refractivity contribution is -0.0286. The molecule has 7 nitrogen and oxygen atoms in total. The van der Waals surface area contributed by atoms with Crippen molar-refractivity contribution in [3.63, 3.8) is 0 Å². The monoisotopic (exact) mass is 478 g/mol. The number of ether oxygens (including phenoxy) is 1. The van der Waals surface area contributed by atoms with E-state index in [2.05, 4.69) is 52.0 Å². The second-order valence-corrected chi connectivity index (χ2v) is 9.36. The van der Waals surface area contributed by atoms with Crippen LogP contribution in [0.2, 0.25) is 0 Å². The Hall–Kier alpha value is -3.20. The molecule has 0 spiro atoms. The molecule has 0 aliphatic carbocycles. The van der Waals surface area contributed by atoms with Crippen LogP contribution >= 0.6 is 11.3 Å². The van der Waals surface area contributed by atoms with Gasteiger partial charge in [0.2, 0.25) is 0 Å². The molecule has 1 saturated heterocycles. The summed E-state index contributed by atoms with van der Waals surface area (Å²) in [6.45, 7) is 6.17. The molecule has 2 heterocycles. The molecule has 3 amide bonds. The van der Waals surface area contributed by atoms with Gasteiger partial charge in [0.25, 0.3) is 5.91 Å². The van der Waals surface area contributed by atoms with Crippen LogP contribution in [0, 0.1) is 6.92 Å². The minimum absolute atomic E-state index is 0.0714. The van der Waals surface area contributed by atoms with E-state index in [4.69, 9.17) is 4.74 Å². The Morgan fingerprint density at radius 3 is 2.79 bits per heavy atom. The van der Waals surface area contributed by atoms with Crippen LogP contribution in [-0.4, -0.2) is 49.2 Å². The number of nitrogens with one attached hydrogen (secondary N) is 3. The van der Waals surface area contributed by atoms with Crippen LogP contribution in [0.25, 0.3) is 0 Å². The smallest absolute Gasteiger partial charge is 0.319 e. The molecule has 0 bridgehead atoms. The molecule has 3 N–H and O–H groups in total. The van der Waals surface area contributed by atoms with Crippen LogP contribution in [0.3, 0.4) is 0 Å². The van der Waals surface area contributed by atoms with E-state index in [1.54, 1.807) is 35.6 Å². The fraction of sp³-hybridized carbons (Fsp3) is 0.308. The summed E-state index contributed by atoms with van der Waals surface area (Å²) in [5, 5.41) is 10.6. The number of thiophene rings is 1. The molecule has 4 rings (SSSR count). The van der Waals surface area contributed by atoms with E-state index in [0.717, 1.165) is 24.5 Å². The highest BCUT2D eigenvalue weighted by Gasteiger charge is 2.21. The number of amides is 3. The highest BCUT2D eigenvalue weighted by molar-refractivity contribution is 7.09. The van der Waals surface area contributed by atoms with Gasteiger partial charge in [-0.05, 0) is 47.7 Å². The number of nitrogens with zero attached hydrogens (tertiary/aromatic N) is 1. The van der Waals surface area contributed by atoms with Crippen LogP contribution in [0.15, 0.2) is 66.0 Å². The van der Waals surface area contributed by atoms with E-state index >= 15 is 0 Å². The number of urea groups is 1. The maximum absolute atomic E-state index is 12.4. The van der Waals surface area contributed by atoms with Gasteiger partial charge in [-0.25, -0.2) is 4.79 Å². The summed E-state index contributed by atoms with van der Waals surface area (Å²) in [6, 6.07) is 18.9. The maximum atomic E-state index is 12.4. The molecule has 2 aromatic carbocycles. The highest BCUT2D eigenvalue weighted by Crippen LogP contribution is 2.14. The molecule has 1 aliphatic rings. The number of hydrogen-bond acceptors (Lipinski definition) is 5. The SMILES string of the molecule is Cc1ccccc1CN1CCOC(CNC(=O)Nc2cccc(C(=O)NCc3cccs3)c2)C1. The molecule has 178 valence electrons. The molecule has 0 radical (unpaired) electrons. The maximum Gasteiger partial charge on any atom is 0.319 e. The summed E-state index contributed by atoms with van der Waals surface area (Å²) in [5.41, 5.74) is 3.66. The first-order valence-electron chi connectivity index (χ1n) is 11.4. The summed E-state index contributed by atoms with van der Waals surface area (Å²) >= 11 is 1.60. The molecule has 1 unspecified atom stereocenters. The van der Waals surface area contributed by atoms with Crippen LogP contribution in [0.5, 0.6) is 0 Å². The topological polar surface area (TPSA) is 82.7 Å². The van der Waals surface area contributed by atoms with Crippen LogP contribution in [0.1, 0.15) is 26.4 Å². The summed E-state index contributed by atoms with van der Waals surface area (Å²) in [6.07, 6.45) is -0.0714. The third-order valence-electron chi connectivity index (χ3n) is 5.75. The first-order valence-corrected chi connectivity index (χ1v) is 12.3. The molecular formula is C26H30N4O3S. The van der Waals surface area contributed by atoms with E-state index in [1.807, 2.05) is 17.5 Å². The number of anilines is 1. The van der Waals surface area contributed by atoms with Crippen molar-refractivity contribution in [3.8, 4) is 0 Å². The predicted octanol–water partition coefficient (Wildman–Crippen LogP) is 4.01.